The number of hydrogen-bond acceptors (Lipinski definition) is 4. The molecule has 2 aromatic carbocycles. The molecule has 1 heterocycles. The molecule has 0 saturated carbocycles. The molecule has 3 rings (SSSR count). The minimum atomic E-state index is -1.03. The predicted octanol–water partition coefficient (Wildman–Crippen LogP) is 5.22. The fourth-order valence-electron chi connectivity index (χ4n) is 2.37. The number of ether oxygens (including phenoxy) is 2. The van der Waals surface area contributed by atoms with Gasteiger partial charge in [-0.25, -0.2) is 4.79 Å². The molecule has 0 aliphatic rings. The van der Waals surface area contributed by atoms with Gasteiger partial charge in [-0.15, -0.1) is 0 Å². The molecule has 25 heavy (non-hydrogen) atoms. The molecule has 0 fully saturated rings. The zero-order valence-corrected chi connectivity index (χ0v) is 13.9. The van der Waals surface area contributed by atoms with Gasteiger partial charge < -0.3 is 19.0 Å². The maximum Gasteiger partial charge on any atom is 0.335 e. The van der Waals surface area contributed by atoms with Gasteiger partial charge in [0.05, 0.1) is 24.2 Å². The average Bonchev–Trinajstić information content (AvgIpc) is 3.09. The fourth-order valence-corrected chi connectivity index (χ4v) is 2.37. The van der Waals surface area contributed by atoms with Crippen molar-refractivity contribution in [1.82, 2.24) is 0 Å². The Bertz CT molecular complexity index is 848. The van der Waals surface area contributed by atoms with Gasteiger partial charge in [-0.1, -0.05) is 12.1 Å². The fraction of sp³-hybridized carbons (Fsp3) is 0.150. The zero-order valence-electron chi connectivity index (χ0n) is 13.9. The van der Waals surface area contributed by atoms with Gasteiger partial charge in [0.25, 0.3) is 0 Å². The summed E-state index contributed by atoms with van der Waals surface area (Å²) in [6, 6.07) is 14.0. The summed E-state index contributed by atoms with van der Waals surface area (Å²) in [7, 11) is 0. The van der Waals surface area contributed by atoms with Gasteiger partial charge in [0.2, 0.25) is 0 Å². The lowest BCUT2D eigenvalue weighted by atomic mass is 10.1. The summed E-state index contributed by atoms with van der Waals surface area (Å²) in [4.78, 5) is 11.3. The van der Waals surface area contributed by atoms with Crippen LogP contribution >= 0.6 is 0 Å². The number of hydrogen-bond donors (Lipinski definition) is 1. The van der Waals surface area contributed by atoms with Crippen molar-refractivity contribution in [3.05, 3.63) is 66.6 Å². The van der Waals surface area contributed by atoms with Crippen LogP contribution in [0.4, 0.5) is 0 Å². The Morgan fingerprint density at radius 3 is 2.28 bits per heavy atom. The van der Waals surface area contributed by atoms with Gasteiger partial charge in [0, 0.05) is 11.6 Å². The summed E-state index contributed by atoms with van der Waals surface area (Å²) in [5.41, 5.74) is 2.10. The number of rotatable bonds is 6. The molecular formula is C20H18O5. The van der Waals surface area contributed by atoms with Gasteiger partial charge in [0.15, 0.2) is 0 Å². The normalized spacial score (nSPS) is 10.7. The number of carbonyl (C=O) groups is 1. The predicted molar refractivity (Wildman–Crippen MR) is 93.4 cm³/mol. The van der Waals surface area contributed by atoms with Gasteiger partial charge in [-0.2, -0.15) is 0 Å². The first kappa shape index (κ1) is 16.6. The monoisotopic (exact) mass is 338 g/mol. The molecule has 5 heteroatoms. The van der Waals surface area contributed by atoms with Crippen molar-refractivity contribution < 1.29 is 23.8 Å². The molecule has 0 atom stereocenters. The Hall–Kier alpha value is -3.21. The maximum absolute atomic E-state index is 11.3. The van der Waals surface area contributed by atoms with E-state index in [9.17, 15) is 9.90 Å². The lowest BCUT2D eigenvalue weighted by molar-refractivity contribution is 0.0695. The molecule has 0 radical (unpaired) electrons. The lowest BCUT2D eigenvalue weighted by Gasteiger charge is -2.13. The smallest absolute Gasteiger partial charge is 0.335 e. The molecule has 0 amide bonds. The van der Waals surface area contributed by atoms with Crippen LogP contribution < -0.4 is 9.47 Å². The average molecular weight is 338 g/mol. The summed E-state index contributed by atoms with van der Waals surface area (Å²) < 4.78 is 16.5. The zero-order chi connectivity index (χ0) is 17.8. The molecule has 0 bridgehead atoms. The van der Waals surface area contributed by atoms with E-state index in [0.717, 1.165) is 11.1 Å². The molecule has 1 N–H and O–H groups in total. The van der Waals surface area contributed by atoms with Crippen molar-refractivity contribution in [3.8, 4) is 28.4 Å². The van der Waals surface area contributed by atoms with Gasteiger partial charge in [-0.3, -0.25) is 0 Å². The van der Waals surface area contributed by atoms with Crippen LogP contribution in [0.2, 0.25) is 0 Å². The minimum Gasteiger partial charge on any atom is -0.491 e. The molecule has 5 nitrogen and oxygen atoms in total. The van der Waals surface area contributed by atoms with Gasteiger partial charge in [0.1, 0.15) is 17.2 Å². The first-order chi connectivity index (χ1) is 12.0. The minimum absolute atomic E-state index is 0.0638. The van der Waals surface area contributed by atoms with E-state index in [-0.39, 0.29) is 11.7 Å². The summed E-state index contributed by atoms with van der Waals surface area (Å²) in [5, 5.41) is 9.26. The Morgan fingerprint density at radius 2 is 1.68 bits per heavy atom. The van der Waals surface area contributed by atoms with E-state index in [0.29, 0.717) is 17.2 Å². The third kappa shape index (κ3) is 4.20. The first-order valence-corrected chi connectivity index (χ1v) is 7.87. The van der Waals surface area contributed by atoms with Crippen molar-refractivity contribution in [2.45, 2.75) is 20.0 Å². The number of carboxylic acids is 1. The number of aromatic carboxylic acids is 1. The van der Waals surface area contributed by atoms with E-state index in [4.69, 9.17) is 13.9 Å². The number of furan rings is 1. The molecular weight excluding hydrogens is 320 g/mol. The molecule has 0 spiro atoms. The second-order valence-corrected chi connectivity index (χ2v) is 5.80. The van der Waals surface area contributed by atoms with Crippen molar-refractivity contribution >= 4 is 5.97 Å². The highest BCUT2D eigenvalue weighted by atomic mass is 16.5. The van der Waals surface area contributed by atoms with Crippen molar-refractivity contribution in [2.75, 3.05) is 0 Å². The van der Waals surface area contributed by atoms with Gasteiger partial charge in [-0.05, 0) is 49.7 Å². The molecule has 128 valence electrons. The van der Waals surface area contributed by atoms with Crippen molar-refractivity contribution in [2.24, 2.45) is 0 Å². The largest absolute Gasteiger partial charge is 0.491 e. The third-order valence-electron chi connectivity index (χ3n) is 3.44. The second-order valence-electron chi connectivity index (χ2n) is 5.80. The topological polar surface area (TPSA) is 68.9 Å². The van der Waals surface area contributed by atoms with E-state index in [1.807, 2.05) is 44.2 Å². The Labute approximate surface area is 145 Å². The van der Waals surface area contributed by atoms with Crippen LogP contribution in [-0.2, 0) is 0 Å². The summed E-state index contributed by atoms with van der Waals surface area (Å²) in [5.74, 6) is 0.436. The number of carboxylic acid groups (broad SMARTS) is 1. The van der Waals surface area contributed by atoms with E-state index < -0.39 is 5.97 Å². The molecule has 0 saturated heterocycles. The highest BCUT2D eigenvalue weighted by molar-refractivity contribution is 5.88. The molecule has 0 aliphatic carbocycles. The molecule has 1 aromatic heterocycles. The summed E-state index contributed by atoms with van der Waals surface area (Å²) in [6.45, 7) is 3.76. The van der Waals surface area contributed by atoms with E-state index >= 15 is 0 Å². The van der Waals surface area contributed by atoms with Crippen LogP contribution in [0.3, 0.4) is 0 Å². The standard InChI is InChI=1S/C20H18O5/c1-13(2)24-18-9-16(20(21)22)10-19(11-18)25-17-5-3-14(4-6-17)15-7-8-23-12-15/h3-13H,1-2H3,(H,21,22). The van der Waals surface area contributed by atoms with Gasteiger partial charge >= 0.3 is 5.97 Å². The Morgan fingerprint density at radius 1 is 0.960 bits per heavy atom. The van der Waals surface area contributed by atoms with Crippen LogP contribution in [0.15, 0.2) is 65.5 Å². The van der Waals surface area contributed by atoms with Crippen LogP contribution in [0.1, 0.15) is 24.2 Å². The summed E-state index contributed by atoms with van der Waals surface area (Å²) in [6.07, 6.45) is 3.22. The van der Waals surface area contributed by atoms with Crippen LogP contribution in [0.5, 0.6) is 17.2 Å². The Balaban J connectivity index is 1.84. The maximum atomic E-state index is 11.3. The highest BCUT2D eigenvalue weighted by Gasteiger charge is 2.11. The first-order valence-electron chi connectivity index (χ1n) is 7.87. The number of benzene rings is 2. The molecule has 0 unspecified atom stereocenters. The molecule has 3 aromatic rings. The van der Waals surface area contributed by atoms with E-state index in [1.54, 1.807) is 18.6 Å². The van der Waals surface area contributed by atoms with Crippen LogP contribution in [0, 0.1) is 0 Å². The van der Waals surface area contributed by atoms with Crippen molar-refractivity contribution in [1.29, 1.82) is 0 Å². The van der Waals surface area contributed by atoms with Crippen molar-refractivity contribution in [3.63, 3.8) is 0 Å². The molecule has 0 aliphatic heterocycles. The summed E-state index contributed by atoms with van der Waals surface area (Å²) >= 11 is 0. The van der Waals surface area contributed by atoms with E-state index in [2.05, 4.69) is 0 Å². The Kier molecular flexibility index (Phi) is 4.75. The second kappa shape index (κ2) is 7.13. The van der Waals surface area contributed by atoms with Crippen LogP contribution in [0.25, 0.3) is 11.1 Å². The van der Waals surface area contributed by atoms with E-state index in [1.165, 1.54) is 12.1 Å². The van der Waals surface area contributed by atoms with Crippen LogP contribution in [-0.4, -0.2) is 17.2 Å². The lowest BCUT2D eigenvalue weighted by Crippen LogP contribution is -2.07. The quantitative estimate of drug-likeness (QED) is 0.667. The SMILES string of the molecule is CC(C)Oc1cc(Oc2ccc(-c3ccoc3)cc2)cc(C(=O)O)c1. The third-order valence-corrected chi connectivity index (χ3v) is 3.44. The highest BCUT2D eigenvalue weighted by Crippen LogP contribution is 2.30.